The summed E-state index contributed by atoms with van der Waals surface area (Å²) in [5, 5.41) is 15.1. The van der Waals surface area contributed by atoms with Crippen LogP contribution in [0.15, 0.2) is 29.2 Å². The number of rotatable bonds is 7. The summed E-state index contributed by atoms with van der Waals surface area (Å²) < 4.78 is 0. The van der Waals surface area contributed by atoms with Gasteiger partial charge in [0.05, 0.1) is 5.69 Å². The molecule has 5 heteroatoms. The van der Waals surface area contributed by atoms with Gasteiger partial charge in [-0.15, -0.1) is 11.8 Å². The van der Waals surface area contributed by atoms with Crippen molar-refractivity contribution < 1.29 is 9.90 Å². The van der Waals surface area contributed by atoms with Gasteiger partial charge in [-0.2, -0.15) is 0 Å². The van der Waals surface area contributed by atoms with Gasteiger partial charge in [-0.25, -0.2) is 4.79 Å². The summed E-state index contributed by atoms with van der Waals surface area (Å²) in [7, 11) is 0. The molecule has 0 spiro atoms. The minimum Gasteiger partial charge on any atom is -0.396 e. The van der Waals surface area contributed by atoms with Crippen molar-refractivity contribution in [3.63, 3.8) is 0 Å². The highest BCUT2D eigenvalue weighted by Gasteiger charge is 2.41. The SMILES string of the molecule is CSc1ccccc1NC(=O)NCC1([C@H](C)CCO)CCC1. The Morgan fingerprint density at radius 2 is 2.14 bits per heavy atom. The summed E-state index contributed by atoms with van der Waals surface area (Å²) in [4.78, 5) is 13.2. The summed E-state index contributed by atoms with van der Waals surface area (Å²) in [5.74, 6) is 0.435. The van der Waals surface area contributed by atoms with Crippen LogP contribution in [-0.2, 0) is 0 Å². The lowest BCUT2D eigenvalue weighted by atomic mass is 9.60. The lowest BCUT2D eigenvalue weighted by Gasteiger charge is -2.46. The van der Waals surface area contributed by atoms with Gasteiger partial charge in [-0.1, -0.05) is 25.5 Å². The van der Waals surface area contributed by atoms with Crippen molar-refractivity contribution >= 4 is 23.5 Å². The van der Waals surface area contributed by atoms with Crippen LogP contribution in [-0.4, -0.2) is 30.5 Å². The predicted molar refractivity (Wildman–Crippen MR) is 92.4 cm³/mol. The van der Waals surface area contributed by atoms with Gasteiger partial charge >= 0.3 is 6.03 Å². The molecule has 0 radical (unpaired) electrons. The van der Waals surface area contributed by atoms with E-state index in [2.05, 4.69) is 17.6 Å². The van der Waals surface area contributed by atoms with Crippen LogP contribution >= 0.6 is 11.8 Å². The minimum atomic E-state index is -0.149. The molecule has 3 N–H and O–H groups in total. The van der Waals surface area contributed by atoms with E-state index in [9.17, 15) is 4.79 Å². The summed E-state index contributed by atoms with van der Waals surface area (Å²) in [5.41, 5.74) is 1.01. The number of carbonyl (C=O) groups is 1. The fourth-order valence-corrected chi connectivity index (χ4v) is 3.70. The number of thioether (sulfide) groups is 1. The molecule has 0 aliphatic heterocycles. The van der Waals surface area contributed by atoms with Crippen molar-refractivity contribution in [1.29, 1.82) is 0 Å². The quantitative estimate of drug-likeness (QED) is 0.671. The van der Waals surface area contributed by atoms with Crippen molar-refractivity contribution in [2.45, 2.75) is 37.5 Å². The number of anilines is 1. The molecular formula is C17H26N2O2S. The molecule has 4 nitrogen and oxygen atoms in total. The number of aliphatic hydroxyl groups excluding tert-OH is 1. The minimum absolute atomic E-state index is 0.149. The summed E-state index contributed by atoms with van der Waals surface area (Å²) in [6.07, 6.45) is 6.29. The second-order valence-electron chi connectivity index (χ2n) is 6.14. The van der Waals surface area contributed by atoms with Crippen LogP contribution in [0.4, 0.5) is 10.5 Å². The molecule has 0 bridgehead atoms. The first-order chi connectivity index (χ1) is 10.6. The number of urea groups is 1. The topological polar surface area (TPSA) is 61.4 Å². The van der Waals surface area contributed by atoms with E-state index in [1.165, 1.54) is 6.42 Å². The Hall–Kier alpha value is -1.20. The van der Waals surface area contributed by atoms with Gasteiger partial charge in [0.1, 0.15) is 0 Å². The molecule has 122 valence electrons. The van der Waals surface area contributed by atoms with Crippen LogP contribution < -0.4 is 10.6 Å². The third kappa shape index (κ3) is 3.96. The fourth-order valence-electron chi connectivity index (χ4n) is 3.15. The van der Waals surface area contributed by atoms with E-state index in [1.807, 2.05) is 30.5 Å². The van der Waals surface area contributed by atoms with E-state index in [0.717, 1.165) is 29.8 Å². The molecule has 1 atom stereocenters. The number of para-hydroxylation sites is 1. The number of amides is 2. The molecule has 1 saturated carbocycles. The van der Waals surface area contributed by atoms with Gasteiger partial charge in [-0.05, 0) is 49.0 Å². The second kappa shape index (κ2) is 7.88. The normalized spacial score (nSPS) is 17.4. The van der Waals surface area contributed by atoms with E-state index in [-0.39, 0.29) is 18.1 Å². The fraction of sp³-hybridized carbons (Fsp3) is 0.588. The zero-order valence-corrected chi connectivity index (χ0v) is 14.2. The van der Waals surface area contributed by atoms with Crippen LogP contribution in [0.5, 0.6) is 0 Å². The van der Waals surface area contributed by atoms with Gasteiger partial charge in [0.25, 0.3) is 0 Å². The average Bonchev–Trinajstić information content (AvgIpc) is 2.47. The highest BCUT2D eigenvalue weighted by atomic mass is 32.2. The Morgan fingerprint density at radius 3 is 2.73 bits per heavy atom. The Labute approximate surface area is 137 Å². The van der Waals surface area contributed by atoms with Crippen LogP contribution in [0.25, 0.3) is 0 Å². The third-order valence-corrected chi connectivity index (χ3v) is 5.71. The maximum atomic E-state index is 12.2. The summed E-state index contributed by atoms with van der Waals surface area (Å²) in [6.45, 7) is 3.08. The Bertz CT molecular complexity index is 503. The van der Waals surface area contributed by atoms with Crippen molar-refractivity contribution in [3.05, 3.63) is 24.3 Å². The number of carbonyl (C=O) groups excluding carboxylic acids is 1. The summed E-state index contributed by atoms with van der Waals surface area (Å²) >= 11 is 1.62. The molecule has 0 heterocycles. The Morgan fingerprint density at radius 1 is 1.41 bits per heavy atom. The van der Waals surface area contributed by atoms with Gasteiger partial charge < -0.3 is 15.7 Å². The van der Waals surface area contributed by atoms with Crippen molar-refractivity contribution in [2.75, 3.05) is 24.7 Å². The molecule has 2 amide bonds. The molecule has 1 aliphatic rings. The first-order valence-corrected chi connectivity index (χ1v) is 9.12. The first-order valence-electron chi connectivity index (χ1n) is 7.90. The second-order valence-corrected chi connectivity index (χ2v) is 6.99. The number of hydrogen-bond donors (Lipinski definition) is 3. The standard InChI is InChI=1S/C17H26N2O2S/c1-13(8-11-20)17(9-5-10-17)12-18-16(21)19-14-6-3-4-7-15(14)22-2/h3-4,6-7,13,20H,5,8-12H2,1-2H3,(H2,18,19,21)/t13-/m1/s1. The van der Waals surface area contributed by atoms with E-state index in [4.69, 9.17) is 5.11 Å². The van der Waals surface area contributed by atoms with E-state index in [1.54, 1.807) is 11.8 Å². The molecule has 1 aromatic carbocycles. The highest BCUT2D eigenvalue weighted by molar-refractivity contribution is 7.98. The number of aliphatic hydroxyl groups is 1. The van der Waals surface area contributed by atoms with Crippen LogP contribution in [0, 0.1) is 11.3 Å². The molecule has 0 aromatic heterocycles. The lowest BCUT2D eigenvalue weighted by molar-refractivity contribution is 0.0462. The van der Waals surface area contributed by atoms with Gasteiger partial charge in [0.2, 0.25) is 0 Å². The average molecular weight is 322 g/mol. The van der Waals surface area contributed by atoms with E-state index in [0.29, 0.717) is 12.5 Å². The number of benzene rings is 1. The molecule has 0 saturated heterocycles. The number of hydrogen-bond acceptors (Lipinski definition) is 3. The van der Waals surface area contributed by atoms with Gasteiger partial charge in [0, 0.05) is 18.0 Å². The lowest BCUT2D eigenvalue weighted by Crippen LogP contribution is -2.47. The molecule has 1 aliphatic carbocycles. The Kier molecular flexibility index (Phi) is 6.15. The largest absolute Gasteiger partial charge is 0.396 e. The van der Waals surface area contributed by atoms with E-state index >= 15 is 0 Å². The molecule has 2 rings (SSSR count). The zero-order valence-electron chi connectivity index (χ0n) is 13.4. The zero-order chi connectivity index (χ0) is 16.0. The van der Waals surface area contributed by atoms with Crippen molar-refractivity contribution in [2.24, 2.45) is 11.3 Å². The first kappa shape index (κ1) is 17.2. The van der Waals surface area contributed by atoms with Crippen molar-refractivity contribution in [3.8, 4) is 0 Å². The monoisotopic (exact) mass is 322 g/mol. The molecule has 22 heavy (non-hydrogen) atoms. The molecular weight excluding hydrogens is 296 g/mol. The van der Waals surface area contributed by atoms with E-state index < -0.39 is 0 Å². The smallest absolute Gasteiger partial charge is 0.319 e. The predicted octanol–water partition coefficient (Wildman–Crippen LogP) is 3.72. The van der Waals surface area contributed by atoms with Crippen LogP contribution in [0.3, 0.4) is 0 Å². The molecule has 1 aromatic rings. The third-order valence-electron chi connectivity index (χ3n) is 4.91. The highest BCUT2D eigenvalue weighted by Crippen LogP contribution is 2.47. The maximum absolute atomic E-state index is 12.2. The molecule has 1 fully saturated rings. The van der Waals surface area contributed by atoms with Crippen LogP contribution in [0.1, 0.15) is 32.6 Å². The maximum Gasteiger partial charge on any atom is 0.319 e. The van der Waals surface area contributed by atoms with Gasteiger partial charge in [0.15, 0.2) is 0 Å². The Balaban J connectivity index is 1.89. The molecule has 0 unspecified atom stereocenters. The van der Waals surface area contributed by atoms with Crippen molar-refractivity contribution in [1.82, 2.24) is 5.32 Å². The van der Waals surface area contributed by atoms with Gasteiger partial charge in [-0.3, -0.25) is 0 Å². The summed E-state index contributed by atoms with van der Waals surface area (Å²) in [6, 6.07) is 7.65. The number of nitrogens with one attached hydrogen (secondary N) is 2. The van der Waals surface area contributed by atoms with Crippen LogP contribution in [0.2, 0.25) is 0 Å².